The second kappa shape index (κ2) is 9.87. The van der Waals surface area contributed by atoms with E-state index in [4.69, 9.17) is 4.74 Å². The maximum absolute atomic E-state index is 11.1. The molecule has 0 radical (unpaired) electrons. The van der Waals surface area contributed by atoms with Crippen LogP contribution in [0.1, 0.15) is 42.6 Å². The van der Waals surface area contributed by atoms with Crippen LogP contribution in [0.4, 0.5) is 5.13 Å². The summed E-state index contributed by atoms with van der Waals surface area (Å²) < 4.78 is 5.10. The fraction of sp³-hybridized carbons (Fsp3) is 0.733. The minimum atomic E-state index is 0.390. The van der Waals surface area contributed by atoms with Gasteiger partial charge in [-0.15, -0.1) is 0 Å². The second-order valence-corrected chi connectivity index (χ2v) is 5.83. The smallest absolute Gasteiger partial charge is 0.186 e. The first-order chi connectivity index (χ1) is 10.2. The predicted octanol–water partition coefficient (Wildman–Crippen LogP) is 2.66. The van der Waals surface area contributed by atoms with E-state index in [1.54, 1.807) is 7.11 Å². The van der Waals surface area contributed by atoms with Crippen molar-refractivity contribution >= 4 is 22.8 Å². The third-order valence-electron chi connectivity index (χ3n) is 3.55. The summed E-state index contributed by atoms with van der Waals surface area (Å²) in [5, 5.41) is 0.922. The molecule has 0 fully saturated rings. The Labute approximate surface area is 131 Å². The molecule has 0 aliphatic heterocycles. The maximum atomic E-state index is 11.1. The van der Waals surface area contributed by atoms with Crippen molar-refractivity contribution < 1.29 is 9.53 Å². The number of nitrogens with zero attached hydrogens (tertiary/aromatic N) is 3. The van der Waals surface area contributed by atoms with Gasteiger partial charge in [0.1, 0.15) is 0 Å². The molecule has 1 aromatic rings. The molecule has 6 heteroatoms. The van der Waals surface area contributed by atoms with Gasteiger partial charge in [-0.1, -0.05) is 25.2 Å². The summed E-state index contributed by atoms with van der Waals surface area (Å²) in [5.74, 6) is 0. The van der Waals surface area contributed by atoms with E-state index < -0.39 is 0 Å². The van der Waals surface area contributed by atoms with Crippen molar-refractivity contribution in [1.29, 1.82) is 0 Å². The van der Waals surface area contributed by atoms with E-state index >= 15 is 0 Å². The highest BCUT2D eigenvalue weighted by Crippen LogP contribution is 2.25. The fourth-order valence-corrected chi connectivity index (χ4v) is 3.20. The minimum Gasteiger partial charge on any atom is -0.378 e. The van der Waals surface area contributed by atoms with Crippen LogP contribution in [-0.2, 0) is 11.3 Å². The molecule has 0 bridgehead atoms. The van der Waals surface area contributed by atoms with Gasteiger partial charge in [-0.2, -0.15) is 0 Å². The Morgan fingerprint density at radius 2 is 1.90 bits per heavy atom. The van der Waals surface area contributed by atoms with Gasteiger partial charge in [-0.05, 0) is 33.0 Å². The number of anilines is 1. The van der Waals surface area contributed by atoms with Crippen LogP contribution in [0.5, 0.6) is 0 Å². The molecular weight excluding hydrogens is 286 g/mol. The zero-order valence-electron chi connectivity index (χ0n) is 13.6. The number of thiazole rings is 1. The number of carbonyl (C=O) groups excluding carboxylic acids is 1. The number of hydrogen-bond acceptors (Lipinski definition) is 6. The van der Waals surface area contributed by atoms with E-state index in [2.05, 4.69) is 35.6 Å². The first-order valence-corrected chi connectivity index (χ1v) is 8.42. The number of carbonyl (C=O) groups is 1. The molecule has 0 aromatic carbocycles. The van der Waals surface area contributed by atoms with Crippen LogP contribution in [0.15, 0.2) is 0 Å². The summed E-state index contributed by atoms with van der Waals surface area (Å²) in [5.41, 5.74) is 0.745. The lowest BCUT2D eigenvalue weighted by atomic mass is 10.3. The lowest BCUT2D eigenvalue weighted by Gasteiger charge is -2.23. The summed E-state index contributed by atoms with van der Waals surface area (Å²) in [6, 6.07) is 0. The van der Waals surface area contributed by atoms with Crippen LogP contribution in [0, 0.1) is 0 Å². The molecule has 0 unspecified atom stereocenters. The van der Waals surface area contributed by atoms with Gasteiger partial charge in [-0.3, -0.25) is 4.79 Å². The highest BCUT2D eigenvalue weighted by Gasteiger charge is 2.15. The molecule has 0 aliphatic rings. The van der Waals surface area contributed by atoms with E-state index in [0.717, 1.165) is 56.3 Å². The zero-order chi connectivity index (χ0) is 15.7. The Kier molecular flexibility index (Phi) is 8.49. The van der Waals surface area contributed by atoms with Crippen molar-refractivity contribution in [3.8, 4) is 0 Å². The number of rotatable bonds is 11. The van der Waals surface area contributed by atoms with Crippen LogP contribution >= 0.6 is 11.3 Å². The molecule has 0 aliphatic carbocycles. The number of aldehydes is 1. The van der Waals surface area contributed by atoms with E-state index in [0.29, 0.717) is 11.5 Å². The summed E-state index contributed by atoms with van der Waals surface area (Å²) >= 11 is 1.46. The van der Waals surface area contributed by atoms with Gasteiger partial charge in [0.05, 0.1) is 17.2 Å². The third kappa shape index (κ3) is 5.37. The molecule has 0 spiro atoms. The molecule has 0 amide bonds. The highest BCUT2D eigenvalue weighted by molar-refractivity contribution is 7.17. The van der Waals surface area contributed by atoms with Crippen LogP contribution in [0.2, 0.25) is 0 Å². The molecule has 21 heavy (non-hydrogen) atoms. The standard InChI is InChI=1S/C15H27N3O2S/c1-5-17(6-2)9-8-10-18(7-3)15-16-13(12-20-4)14(11-19)21-15/h11H,5-10,12H2,1-4H3. The number of aromatic nitrogens is 1. The molecule has 0 saturated carbocycles. The van der Waals surface area contributed by atoms with Gasteiger partial charge in [0, 0.05) is 20.2 Å². The van der Waals surface area contributed by atoms with Crippen molar-refractivity contribution in [2.24, 2.45) is 0 Å². The average molecular weight is 313 g/mol. The van der Waals surface area contributed by atoms with Crippen molar-refractivity contribution in [3.05, 3.63) is 10.6 Å². The number of hydrogen-bond donors (Lipinski definition) is 0. The summed E-state index contributed by atoms with van der Waals surface area (Å²) in [6.07, 6.45) is 1.98. The van der Waals surface area contributed by atoms with E-state index in [1.807, 2.05) is 0 Å². The summed E-state index contributed by atoms with van der Waals surface area (Å²) in [6.45, 7) is 12.0. The van der Waals surface area contributed by atoms with Gasteiger partial charge in [0.2, 0.25) is 0 Å². The number of ether oxygens (including phenoxy) is 1. The van der Waals surface area contributed by atoms with Crippen molar-refractivity contribution in [2.45, 2.75) is 33.8 Å². The molecule has 1 heterocycles. The fourth-order valence-electron chi connectivity index (χ4n) is 2.23. The van der Waals surface area contributed by atoms with E-state index in [9.17, 15) is 4.79 Å². The SMILES string of the molecule is CCN(CC)CCCN(CC)c1nc(COC)c(C=O)s1. The van der Waals surface area contributed by atoms with Crippen molar-refractivity contribution in [1.82, 2.24) is 9.88 Å². The first kappa shape index (κ1) is 18.1. The largest absolute Gasteiger partial charge is 0.378 e. The Morgan fingerprint density at radius 1 is 1.19 bits per heavy atom. The third-order valence-corrected chi connectivity index (χ3v) is 4.64. The maximum Gasteiger partial charge on any atom is 0.186 e. The summed E-state index contributed by atoms with van der Waals surface area (Å²) in [4.78, 5) is 21.0. The van der Waals surface area contributed by atoms with E-state index in [-0.39, 0.29) is 0 Å². The molecule has 0 saturated heterocycles. The van der Waals surface area contributed by atoms with E-state index in [1.165, 1.54) is 11.3 Å². The van der Waals surface area contributed by atoms with Crippen molar-refractivity contribution in [3.63, 3.8) is 0 Å². The lowest BCUT2D eigenvalue weighted by Crippen LogP contribution is -2.29. The average Bonchev–Trinajstić information content (AvgIpc) is 2.91. The molecule has 0 N–H and O–H groups in total. The Morgan fingerprint density at radius 3 is 2.43 bits per heavy atom. The van der Waals surface area contributed by atoms with Gasteiger partial charge in [-0.25, -0.2) is 4.98 Å². The van der Waals surface area contributed by atoms with Gasteiger partial charge >= 0.3 is 0 Å². The Balaban J connectivity index is 2.65. The second-order valence-electron chi connectivity index (χ2n) is 4.82. The Bertz CT molecular complexity index is 419. The van der Waals surface area contributed by atoms with Gasteiger partial charge in [0.15, 0.2) is 11.4 Å². The van der Waals surface area contributed by atoms with Crippen LogP contribution in [-0.4, -0.2) is 56.0 Å². The molecule has 5 nitrogen and oxygen atoms in total. The minimum absolute atomic E-state index is 0.390. The molecular formula is C15H27N3O2S. The predicted molar refractivity (Wildman–Crippen MR) is 88.5 cm³/mol. The first-order valence-electron chi connectivity index (χ1n) is 7.61. The van der Waals surface area contributed by atoms with Crippen LogP contribution in [0.3, 0.4) is 0 Å². The summed E-state index contributed by atoms with van der Waals surface area (Å²) in [7, 11) is 1.62. The highest BCUT2D eigenvalue weighted by atomic mass is 32.1. The monoisotopic (exact) mass is 313 g/mol. The van der Waals surface area contributed by atoms with Crippen LogP contribution in [0.25, 0.3) is 0 Å². The Hall–Kier alpha value is -0.980. The number of methoxy groups -OCH3 is 1. The molecule has 120 valence electrons. The van der Waals surface area contributed by atoms with Crippen molar-refractivity contribution in [2.75, 3.05) is 44.7 Å². The quantitative estimate of drug-likeness (QED) is 0.588. The van der Waals surface area contributed by atoms with Crippen LogP contribution < -0.4 is 4.90 Å². The van der Waals surface area contributed by atoms with Gasteiger partial charge < -0.3 is 14.5 Å². The molecule has 1 aromatic heterocycles. The molecule has 1 rings (SSSR count). The normalized spacial score (nSPS) is 11.1. The molecule has 0 atom stereocenters. The topological polar surface area (TPSA) is 45.7 Å². The lowest BCUT2D eigenvalue weighted by molar-refractivity contribution is 0.112. The van der Waals surface area contributed by atoms with Gasteiger partial charge in [0.25, 0.3) is 0 Å². The zero-order valence-corrected chi connectivity index (χ0v) is 14.4.